The van der Waals surface area contributed by atoms with Crippen LogP contribution in [0.5, 0.6) is 0 Å². The van der Waals surface area contributed by atoms with Crippen molar-refractivity contribution in [1.82, 2.24) is 0 Å². The van der Waals surface area contributed by atoms with Gasteiger partial charge in [-0.2, -0.15) is 5.26 Å². The van der Waals surface area contributed by atoms with Gasteiger partial charge in [0.25, 0.3) is 0 Å². The van der Waals surface area contributed by atoms with Gasteiger partial charge in [0.15, 0.2) is 0 Å². The van der Waals surface area contributed by atoms with Crippen LogP contribution in [0.25, 0.3) is 0 Å². The van der Waals surface area contributed by atoms with E-state index in [1.54, 1.807) is 13.8 Å². The Balaban J connectivity index is 3.25. The highest BCUT2D eigenvalue weighted by Gasteiger charge is 2.20. The molecule has 0 unspecified atom stereocenters. The van der Waals surface area contributed by atoms with Crippen LogP contribution < -0.4 is 0 Å². The van der Waals surface area contributed by atoms with Gasteiger partial charge in [-0.1, -0.05) is 0 Å². The lowest BCUT2D eigenvalue weighted by Crippen LogP contribution is -2.14. The number of nitrogens with zero attached hydrogens (tertiary/aromatic N) is 1. The van der Waals surface area contributed by atoms with E-state index in [0.29, 0.717) is 5.56 Å². The Morgan fingerprint density at radius 3 is 2.00 bits per heavy atom. The zero-order chi connectivity index (χ0) is 10.1. The molecule has 0 saturated heterocycles. The summed E-state index contributed by atoms with van der Waals surface area (Å²) in [7, 11) is 0. The topological polar surface area (TPSA) is 23.8 Å². The van der Waals surface area contributed by atoms with Crippen LogP contribution in [0.3, 0.4) is 0 Å². The van der Waals surface area contributed by atoms with Crippen LogP contribution in [0, 0.1) is 23.0 Å². The van der Waals surface area contributed by atoms with Crippen LogP contribution in [0.15, 0.2) is 18.2 Å². The molecule has 13 heavy (non-hydrogen) atoms. The summed E-state index contributed by atoms with van der Waals surface area (Å²) in [5, 5.41) is 8.73. The minimum absolute atomic E-state index is 0.354. The van der Waals surface area contributed by atoms with Gasteiger partial charge in [0.1, 0.15) is 11.6 Å². The second kappa shape index (κ2) is 3.14. The van der Waals surface area contributed by atoms with E-state index in [-0.39, 0.29) is 0 Å². The lowest BCUT2D eigenvalue weighted by molar-refractivity contribution is 0.568. The lowest BCUT2D eigenvalue weighted by Gasteiger charge is -2.15. The van der Waals surface area contributed by atoms with Crippen LogP contribution >= 0.6 is 0 Å². The van der Waals surface area contributed by atoms with Gasteiger partial charge in [0.05, 0.1) is 11.5 Å². The molecule has 1 rings (SSSR count). The Morgan fingerprint density at radius 1 is 1.15 bits per heavy atom. The molecular formula is C10H9F2N. The summed E-state index contributed by atoms with van der Waals surface area (Å²) in [5.41, 5.74) is -0.504. The third-order valence-corrected chi connectivity index (χ3v) is 1.86. The summed E-state index contributed by atoms with van der Waals surface area (Å²) in [5.74, 6) is -1.31. The molecule has 0 N–H and O–H groups in total. The molecule has 0 fully saturated rings. The summed E-state index contributed by atoms with van der Waals surface area (Å²) in [6.07, 6.45) is 0. The Morgan fingerprint density at radius 2 is 1.62 bits per heavy atom. The molecule has 0 atom stereocenters. The van der Waals surface area contributed by atoms with Gasteiger partial charge in [0.2, 0.25) is 0 Å². The second-order valence-electron chi connectivity index (χ2n) is 3.39. The quantitative estimate of drug-likeness (QED) is 0.653. The molecule has 0 aliphatic rings. The van der Waals surface area contributed by atoms with Crippen molar-refractivity contribution in [1.29, 1.82) is 5.26 Å². The molecule has 0 amide bonds. The van der Waals surface area contributed by atoms with E-state index in [4.69, 9.17) is 5.26 Å². The normalized spacial score (nSPS) is 11.0. The smallest absolute Gasteiger partial charge is 0.126 e. The van der Waals surface area contributed by atoms with Crippen molar-refractivity contribution in [2.45, 2.75) is 19.3 Å². The highest BCUT2D eigenvalue weighted by Crippen LogP contribution is 2.23. The molecule has 0 aliphatic heterocycles. The number of hydrogen-bond acceptors (Lipinski definition) is 1. The van der Waals surface area contributed by atoms with Crippen molar-refractivity contribution >= 4 is 0 Å². The van der Waals surface area contributed by atoms with Gasteiger partial charge in [-0.25, -0.2) is 8.78 Å². The highest BCUT2D eigenvalue weighted by molar-refractivity contribution is 5.30. The molecular weight excluding hydrogens is 172 g/mol. The molecule has 0 radical (unpaired) electrons. The summed E-state index contributed by atoms with van der Waals surface area (Å²) in [6.45, 7) is 3.22. The number of rotatable bonds is 1. The van der Waals surface area contributed by atoms with Gasteiger partial charge in [-0.05, 0) is 31.5 Å². The largest absolute Gasteiger partial charge is 0.207 e. The fraction of sp³-hybridized carbons (Fsp3) is 0.300. The van der Waals surface area contributed by atoms with Crippen molar-refractivity contribution in [2.24, 2.45) is 0 Å². The average Bonchev–Trinajstić information content (AvgIpc) is 2.02. The summed E-state index contributed by atoms with van der Waals surface area (Å²) in [4.78, 5) is 0. The summed E-state index contributed by atoms with van der Waals surface area (Å²) < 4.78 is 25.5. The molecule has 68 valence electrons. The minimum atomic E-state index is -0.858. The van der Waals surface area contributed by atoms with Gasteiger partial charge < -0.3 is 0 Å². The summed E-state index contributed by atoms with van der Waals surface area (Å²) in [6, 6.07) is 5.11. The van der Waals surface area contributed by atoms with Gasteiger partial charge in [-0.3, -0.25) is 0 Å². The summed E-state index contributed by atoms with van der Waals surface area (Å²) >= 11 is 0. The van der Waals surface area contributed by atoms with Gasteiger partial charge >= 0.3 is 0 Å². The molecule has 0 saturated carbocycles. The van der Waals surface area contributed by atoms with Crippen molar-refractivity contribution in [2.75, 3.05) is 0 Å². The Kier molecular flexibility index (Phi) is 2.33. The zero-order valence-corrected chi connectivity index (χ0v) is 7.44. The highest BCUT2D eigenvalue weighted by atomic mass is 19.1. The van der Waals surface area contributed by atoms with E-state index < -0.39 is 17.0 Å². The molecule has 1 aromatic rings. The van der Waals surface area contributed by atoms with Crippen molar-refractivity contribution in [3.63, 3.8) is 0 Å². The predicted octanol–water partition coefficient (Wildman–Crippen LogP) is 2.77. The maximum absolute atomic E-state index is 12.7. The van der Waals surface area contributed by atoms with E-state index in [2.05, 4.69) is 0 Å². The first-order valence-corrected chi connectivity index (χ1v) is 3.83. The Hall–Kier alpha value is -1.43. The van der Waals surface area contributed by atoms with Crippen molar-refractivity contribution in [3.8, 4) is 6.07 Å². The second-order valence-corrected chi connectivity index (χ2v) is 3.39. The molecule has 1 nitrogen and oxygen atoms in total. The SMILES string of the molecule is CC(C)(C#N)c1cc(F)cc(F)c1. The first-order chi connectivity index (χ1) is 5.95. The maximum atomic E-state index is 12.7. The van der Waals surface area contributed by atoms with E-state index in [1.807, 2.05) is 6.07 Å². The average molecular weight is 181 g/mol. The Bertz CT molecular complexity index is 343. The van der Waals surface area contributed by atoms with Crippen LogP contribution in [0.2, 0.25) is 0 Å². The molecule has 3 heteroatoms. The third kappa shape index (κ3) is 2.03. The number of nitriles is 1. The van der Waals surface area contributed by atoms with Gasteiger partial charge in [0, 0.05) is 6.07 Å². The fourth-order valence-corrected chi connectivity index (χ4v) is 0.979. The van der Waals surface area contributed by atoms with Crippen LogP contribution in [0.4, 0.5) is 8.78 Å². The standard InChI is InChI=1S/C10H9F2N/c1-10(2,6-13)7-3-8(11)5-9(12)4-7/h3-5H,1-2H3. The zero-order valence-electron chi connectivity index (χ0n) is 7.44. The molecule has 0 spiro atoms. The molecule has 1 aromatic carbocycles. The molecule has 0 aliphatic carbocycles. The predicted molar refractivity (Wildman–Crippen MR) is 45.0 cm³/mol. The van der Waals surface area contributed by atoms with Crippen molar-refractivity contribution in [3.05, 3.63) is 35.4 Å². The minimum Gasteiger partial charge on any atom is -0.207 e. The first-order valence-electron chi connectivity index (χ1n) is 3.83. The van der Waals surface area contributed by atoms with Crippen LogP contribution in [-0.4, -0.2) is 0 Å². The first kappa shape index (κ1) is 9.66. The van der Waals surface area contributed by atoms with Crippen molar-refractivity contribution < 1.29 is 8.78 Å². The van der Waals surface area contributed by atoms with Gasteiger partial charge in [-0.15, -0.1) is 0 Å². The molecule has 0 aromatic heterocycles. The fourth-order valence-electron chi connectivity index (χ4n) is 0.979. The van der Waals surface area contributed by atoms with E-state index in [9.17, 15) is 8.78 Å². The van der Waals surface area contributed by atoms with Crippen LogP contribution in [0.1, 0.15) is 19.4 Å². The number of benzene rings is 1. The molecule has 0 bridgehead atoms. The van der Waals surface area contributed by atoms with E-state index >= 15 is 0 Å². The Labute approximate surface area is 75.6 Å². The van der Waals surface area contributed by atoms with Crippen LogP contribution in [-0.2, 0) is 5.41 Å². The monoisotopic (exact) mass is 181 g/mol. The number of halogens is 2. The lowest BCUT2D eigenvalue weighted by atomic mass is 9.86. The molecule has 0 heterocycles. The third-order valence-electron chi connectivity index (χ3n) is 1.86. The maximum Gasteiger partial charge on any atom is 0.126 e. The van der Waals surface area contributed by atoms with E-state index in [1.165, 1.54) is 12.1 Å². The number of hydrogen-bond donors (Lipinski definition) is 0. The van der Waals surface area contributed by atoms with E-state index in [0.717, 1.165) is 6.07 Å².